The first kappa shape index (κ1) is 21.7. The van der Waals surface area contributed by atoms with Gasteiger partial charge in [-0.25, -0.2) is 0 Å². The van der Waals surface area contributed by atoms with Gasteiger partial charge in [-0.3, -0.25) is 9.79 Å². The van der Waals surface area contributed by atoms with Crippen molar-refractivity contribution in [2.24, 2.45) is 10.9 Å². The summed E-state index contributed by atoms with van der Waals surface area (Å²) in [6, 6.07) is 10.8. The first-order chi connectivity index (χ1) is 11.7. The highest BCUT2D eigenvalue weighted by atomic mass is 127. The zero-order chi connectivity index (χ0) is 17.4. The Kier molecular flexibility index (Phi) is 9.85. The van der Waals surface area contributed by atoms with E-state index in [2.05, 4.69) is 57.2 Å². The summed E-state index contributed by atoms with van der Waals surface area (Å²) >= 11 is 0. The molecule has 0 bridgehead atoms. The molecule has 5 nitrogen and oxygen atoms in total. The SMILES string of the molecule is CCC1CN(C(=NC)NCCC(=O)OC)CCC1c1ccccc1.I. The summed E-state index contributed by atoms with van der Waals surface area (Å²) in [5.41, 5.74) is 1.44. The summed E-state index contributed by atoms with van der Waals surface area (Å²) in [4.78, 5) is 17.9. The fourth-order valence-electron chi connectivity index (χ4n) is 3.49. The molecular weight excluding hydrogens is 429 g/mol. The number of nitrogens with one attached hydrogen (secondary N) is 1. The van der Waals surface area contributed by atoms with Gasteiger partial charge in [0.2, 0.25) is 0 Å². The summed E-state index contributed by atoms with van der Waals surface area (Å²) in [5.74, 6) is 1.90. The zero-order valence-corrected chi connectivity index (χ0v) is 17.7. The van der Waals surface area contributed by atoms with Crippen LogP contribution < -0.4 is 5.32 Å². The van der Waals surface area contributed by atoms with E-state index < -0.39 is 0 Å². The molecule has 1 aromatic rings. The molecule has 0 aliphatic carbocycles. The van der Waals surface area contributed by atoms with Gasteiger partial charge in [-0.05, 0) is 23.8 Å². The molecule has 0 radical (unpaired) electrons. The van der Waals surface area contributed by atoms with Gasteiger partial charge in [0, 0.05) is 26.7 Å². The van der Waals surface area contributed by atoms with Crippen molar-refractivity contribution >= 4 is 35.9 Å². The largest absolute Gasteiger partial charge is 0.469 e. The molecule has 25 heavy (non-hydrogen) atoms. The maximum atomic E-state index is 11.2. The number of hydrogen-bond donors (Lipinski definition) is 1. The molecule has 1 aliphatic rings. The summed E-state index contributed by atoms with van der Waals surface area (Å²) in [6.45, 7) is 4.79. The fourth-order valence-corrected chi connectivity index (χ4v) is 3.49. The number of piperidine rings is 1. The number of benzene rings is 1. The number of hydrogen-bond acceptors (Lipinski definition) is 3. The topological polar surface area (TPSA) is 53.9 Å². The smallest absolute Gasteiger partial charge is 0.307 e. The summed E-state index contributed by atoms with van der Waals surface area (Å²) < 4.78 is 4.68. The number of nitrogens with zero attached hydrogens (tertiary/aromatic N) is 2. The van der Waals surface area contributed by atoms with Crippen LogP contribution in [0.15, 0.2) is 35.3 Å². The molecule has 2 atom stereocenters. The number of carbonyl (C=O) groups excluding carboxylic acids is 1. The van der Waals surface area contributed by atoms with E-state index in [0.717, 1.165) is 31.9 Å². The second kappa shape index (κ2) is 11.3. The van der Waals surface area contributed by atoms with Crippen LogP contribution in [0.2, 0.25) is 0 Å². The lowest BCUT2D eigenvalue weighted by Crippen LogP contribution is -2.48. The summed E-state index contributed by atoms with van der Waals surface area (Å²) in [7, 11) is 3.21. The van der Waals surface area contributed by atoms with Gasteiger partial charge in [-0.15, -0.1) is 24.0 Å². The van der Waals surface area contributed by atoms with Crippen molar-refractivity contribution in [2.75, 3.05) is 33.8 Å². The lowest BCUT2D eigenvalue weighted by Gasteiger charge is -2.40. The molecule has 6 heteroatoms. The second-order valence-electron chi connectivity index (χ2n) is 6.22. The Hall–Kier alpha value is -1.31. The van der Waals surface area contributed by atoms with E-state index in [1.54, 1.807) is 7.05 Å². The van der Waals surface area contributed by atoms with Crippen LogP contribution in [0, 0.1) is 5.92 Å². The lowest BCUT2D eigenvalue weighted by molar-refractivity contribution is -0.140. The van der Waals surface area contributed by atoms with E-state index in [1.807, 2.05) is 0 Å². The average Bonchev–Trinajstić information content (AvgIpc) is 2.65. The molecule has 0 saturated carbocycles. The van der Waals surface area contributed by atoms with E-state index in [4.69, 9.17) is 0 Å². The normalized spacial score (nSPS) is 20.6. The summed E-state index contributed by atoms with van der Waals surface area (Å²) in [6.07, 6.45) is 2.63. The van der Waals surface area contributed by atoms with Crippen molar-refractivity contribution < 1.29 is 9.53 Å². The molecule has 1 N–H and O–H groups in total. The predicted octanol–water partition coefficient (Wildman–Crippen LogP) is 3.26. The number of methoxy groups -OCH3 is 1. The molecule has 0 aromatic heterocycles. The Morgan fingerprint density at radius 3 is 2.68 bits per heavy atom. The molecule has 2 unspecified atom stereocenters. The number of rotatable bonds is 5. The van der Waals surface area contributed by atoms with Crippen molar-refractivity contribution in [2.45, 2.75) is 32.1 Å². The van der Waals surface area contributed by atoms with Crippen LogP contribution in [-0.2, 0) is 9.53 Å². The number of esters is 1. The van der Waals surface area contributed by atoms with Gasteiger partial charge in [0.25, 0.3) is 0 Å². The molecular formula is C19H30IN3O2. The van der Waals surface area contributed by atoms with Crippen molar-refractivity contribution in [3.05, 3.63) is 35.9 Å². The van der Waals surface area contributed by atoms with Crippen LogP contribution in [0.1, 0.15) is 37.7 Å². The standard InChI is InChI=1S/C19H29N3O2.HI/c1-4-15-14-22(19(20-2)21-12-10-18(23)24-3)13-11-17(15)16-8-6-5-7-9-16;/h5-9,15,17H,4,10-14H2,1-3H3,(H,20,21);1H. The number of ether oxygens (including phenoxy) is 1. The highest BCUT2D eigenvalue weighted by Crippen LogP contribution is 2.34. The van der Waals surface area contributed by atoms with E-state index >= 15 is 0 Å². The second-order valence-corrected chi connectivity index (χ2v) is 6.22. The van der Waals surface area contributed by atoms with Crippen LogP contribution in [0.3, 0.4) is 0 Å². The third-order valence-corrected chi connectivity index (χ3v) is 4.84. The van der Waals surface area contributed by atoms with Gasteiger partial charge in [0.05, 0.1) is 13.5 Å². The lowest BCUT2D eigenvalue weighted by atomic mass is 9.79. The zero-order valence-electron chi connectivity index (χ0n) is 15.4. The van der Waals surface area contributed by atoms with E-state index in [1.165, 1.54) is 12.7 Å². The van der Waals surface area contributed by atoms with Crippen molar-refractivity contribution in [3.8, 4) is 0 Å². The third-order valence-electron chi connectivity index (χ3n) is 4.84. The molecule has 1 aliphatic heterocycles. The van der Waals surface area contributed by atoms with Crippen molar-refractivity contribution in [3.63, 3.8) is 0 Å². The maximum Gasteiger partial charge on any atom is 0.307 e. The van der Waals surface area contributed by atoms with Gasteiger partial charge < -0.3 is 15.0 Å². The van der Waals surface area contributed by atoms with E-state index in [0.29, 0.717) is 24.8 Å². The van der Waals surface area contributed by atoms with Gasteiger partial charge in [0.1, 0.15) is 0 Å². The van der Waals surface area contributed by atoms with E-state index in [9.17, 15) is 4.79 Å². The van der Waals surface area contributed by atoms with Crippen LogP contribution in [-0.4, -0.2) is 50.6 Å². The highest BCUT2D eigenvalue weighted by Gasteiger charge is 2.30. The van der Waals surface area contributed by atoms with Crippen LogP contribution in [0.25, 0.3) is 0 Å². The summed E-state index contributed by atoms with van der Waals surface area (Å²) in [5, 5.41) is 3.28. The minimum absolute atomic E-state index is 0. The Labute approximate surface area is 168 Å². The Morgan fingerprint density at radius 1 is 1.36 bits per heavy atom. The van der Waals surface area contributed by atoms with Crippen LogP contribution >= 0.6 is 24.0 Å². The molecule has 0 spiro atoms. The fraction of sp³-hybridized carbons (Fsp3) is 0.579. The first-order valence-electron chi connectivity index (χ1n) is 8.77. The van der Waals surface area contributed by atoms with Crippen LogP contribution in [0.5, 0.6) is 0 Å². The minimum Gasteiger partial charge on any atom is -0.469 e. The average molecular weight is 459 g/mol. The van der Waals surface area contributed by atoms with Crippen molar-refractivity contribution in [1.29, 1.82) is 0 Å². The van der Waals surface area contributed by atoms with Gasteiger partial charge in [-0.1, -0.05) is 43.7 Å². The number of likely N-dealkylation sites (tertiary alicyclic amines) is 1. The number of carbonyl (C=O) groups is 1. The molecule has 1 fully saturated rings. The molecule has 1 aromatic carbocycles. The molecule has 2 rings (SSSR count). The van der Waals surface area contributed by atoms with Gasteiger partial charge >= 0.3 is 5.97 Å². The minimum atomic E-state index is -0.202. The molecule has 1 saturated heterocycles. The first-order valence-corrected chi connectivity index (χ1v) is 8.77. The quantitative estimate of drug-likeness (QED) is 0.318. The molecule has 1 heterocycles. The van der Waals surface area contributed by atoms with E-state index in [-0.39, 0.29) is 29.9 Å². The maximum absolute atomic E-state index is 11.2. The molecule has 0 amide bonds. The van der Waals surface area contributed by atoms with Crippen molar-refractivity contribution in [1.82, 2.24) is 10.2 Å². The van der Waals surface area contributed by atoms with Crippen LogP contribution in [0.4, 0.5) is 0 Å². The Bertz CT molecular complexity index is 551. The molecule has 140 valence electrons. The monoisotopic (exact) mass is 459 g/mol. The third kappa shape index (κ3) is 6.17. The van der Waals surface area contributed by atoms with Gasteiger partial charge in [0.15, 0.2) is 5.96 Å². The number of guanidine groups is 1. The van der Waals surface area contributed by atoms with Gasteiger partial charge in [-0.2, -0.15) is 0 Å². The highest BCUT2D eigenvalue weighted by molar-refractivity contribution is 14.0. The Balaban J connectivity index is 0.00000312. The number of halogens is 1. The predicted molar refractivity (Wildman–Crippen MR) is 113 cm³/mol. The number of aliphatic imine (C=N–C) groups is 1. The Morgan fingerprint density at radius 2 is 2.08 bits per heavy atom.